The van der Waals surface area contributed by atoms with E-state index >= 15 is 0 Å². The molecule has 5 rings (SSSR count). The van der Waals surface area contributed by atoms with Gasteiger partial charge in [-0.05, 0) is 36.9 Å². The van der Waals surface area contributed by atoms with Crippen molar-refractivity contribution >= 4 is 28.7 Å². The Morgan fingerprint density at radius 3 is 2.94 bits per heavy atom. The van der Waals surface area contributed by atoms with Crippen molar-refractivity contribution in [2.75, 3.05) is 24.2 Å². The number of ether oxygens (including phenoxy) is 1. The van der Waals surface area contributed by atoms with Crippen molar-refractivity contribution < 1.29 is 36.8 Å². The summed E-state index contributed by atoms with van der Waals surface area (Å²) in [5, 5.41) is 42.1. The number of thioether (sulfide) groups is 1. The Morgan fingerprint density at radius 2 is 2.17 bits per heavy atom. The van der Waals surface area contributed by atoms with Crippen molar-refractivity contribution in [1.82, 2.24) is 25.0 Å². The Hall–Kier alpha value is -2.38. The lowest BCUT2D eigenvalue weighted by Gasteiger charge is -2.17. The van der Waals surface area contributed by atoms with Crippen LogP contribution in [0.25, 0.3) is 11.2 Å². The molecule has 36 heavy (non-hydrogen) atoms. The number of aliphatic hydroxyl groups is 3. The van der Waals surface area contributed by atoms with Gasteiger partial charge in [0.05, 0.1) is 36.2 Å². The van der Waals surface area contributed by atoms with E-state index in [-0.39, 0.29) is 40.5 Å². The van der Waals surface area contributed by atoms with E-state index in [1.165, 1.54) is 18.7 Å². The van der Waals surface area contributed by atoms with Gasteiger partial charge < -0.3 is 25.4 Å². The SMILES string of the molecule is [2H]c1c([2H])c([C@]2([2H])C[C@@]2([2H])Nc2nc(SCCC)nc3c2nnn3[C@@H]2C[C@H](OC([2H])([2H])C([2H])([2H])O)[C@@H](O)[C@H]2O)c([2H])c(F)c1C. The number of aromatic nitrogens is 5. The smallest absolute Gasteiger partial charge is 0.191 e. The van der Waals surface area contributed by atoms with Gasteiger partial charge in [-0.25, -0.2) is 19.0 Å². The normalized spacial score (nSPS) is 36.1. The molecule has 0 amide bonds. The van der Waals surface area contributed by atoms with Crippen LogP contribution in [-0.2, 0) is 4.74 Å². The average Bonchev–Trinajstić information content (AvgIpc) is 3.20. The van der Waals surface area contributed by atoms with Gasteiger partial charge in [0.15, 0.2) is 22.1 Å². The molecule has 0 aliphatic heterocycles. The van der Waals surface area contributed by atoms with Crippen molar-refractivity contribution in [2.45, 2.75) is 74.5 Å². The third-order valence-corrected chi connectivity index (χ3v) is 7.06. The molecule has 2 aliphatic rings. The number of hydrogen-bond acceptors (Lipinski definition) is 10. The Kier molecular flexibility index (Phi) is 4.82. The van der Waals surface area contributed by atoms with Crippen molar-refractivity contribution in [2.24, 2.45) is 0 Å². The highest BCUT2D eigenvalue weighted by atomic mass is 32.2. The summed E-state index contributed by atoms with van der Waals surface area (Å²) in [5.74, 6) is -2.52. The van der Waals surface area contributed by atoms with Crippen LogP contribution in [0, 0.1) is 12.7 Å². The van der Waals surface area contributed by atoms with Crippen LogP contribution in [0.4, 0.5) is 10.2 Å². The fraction of sp³-hybridized carbons (Fsp3) is 0.583. The number of benzene rings is 1. The molecule has 4 N–H and O–H groups in total. The van der Waals surface area contributed by atoms with Gasteiger partial charge in [-0.1, -0.05) is 36.0 Å². The Morgan fingerprint density at radius 1 is 1.33 bits per heavy atom. The lowest BCUT2D eigenvalue weighted by molar-refractivity contribution is -0.0629. The molecule has 3 aromatic rings. The molecule has 0 radical (unpaired) electrons. The lowest BCUT2D eigenvalue weighted by Crippen LogP contribution is -2.33. The number of nitrogens with one attached hydrogen (secondary N) is 1. The first-order valence-corrected chi connectivity index (χ1v) is 12.3. The summed E-state index contributed by atoms with van der Waals surface area (Å²) < 4.78 is 93.5. The maximum atomic E-state index is 14.7. The molecular weight excluding hydrogens is 487 g/mol. The Bertz CT molecular complexity index is 1620. The Balaban J connectivity index is 1.52. The van der Waals surface area contributed by atoms with Gasteiger partial charge >= 0.3 is 0 Å². The highest BCUT2D eigenvalue weighted by Gasteiger charge is 2.45. The molecule has 10 nitrogen and oxygen atoms in total. The quantitative estimate of drug-likeness (QED) is 0.229. The number of rotatable bonds is 10. The first kappa shape index (κ1) is 16.5. The second-order valence-electron chi connectivity index (χ2n) is 8.51. The topological polar surface area (TPSA) is 138 Å². The second kappa shape index (κ2) is 10.5. The van der Waals surface area contributed by atoms with Gasteiger partial charge in [0.2, 0.25) is 0 Å². The summed E-state index contributed by atoms with van der Waals surface area (Å²) >= 11 is 1.24. The van der Waals surface area contributed by atoms with Gasteiger partial charge in [0.1, 0.15) is 18.0 Å². The van der Waals surface area contributed by atoms with Crippen molar-refractivity contribution in [3.63, 3.8) is 0 Å². The van der Waals surface area contributed by atoms with Crippen LogP contribution >= 0.6 is 11.8 Å². The monoisotopic (exact) mass is 527 g/mol. The van der Waals surface area contributed by atoms with Gasteiger partial charge in [-0.3, -0.25) is 0 Å². The summed E-state index contributed by atoms with van der Waals surface area (Å²) in [6.45, 7) is -3.45. The number of fused-ring (bicyclic) bond motifs is 1. The number of hydrogen-bond donors (Lipinski definition) is 4. The van der Waals surface area contributed by atoms with Crippen LogP contribution in [0.15, 0.2) is 23.3 Å². The zero-order valence-corrected chi connectivity index (χ0v) is 20.2. The molecule has 0 spiro atoms. The fourth-order valence-corrected chi connectivity index (χ4v) is 4.73. The molecular formula is C24H31FN6O4S. The predicted molar refractivity (Wildman–Crippen MR) is 133 cm³/mol. The molecule has 1 aromatic carbocycles. The number of nitrogens with zero attached hydrogens (tertiary/aromatic N) is 5. The summed E-state index contributed by atoms with van der Waals surface area (Å²) in [6, 6.07) is -4.77. The molecule has 2 aliphatic carbocycles. The van der Waals surface area contributed by atoms with E-state index < -0.39 is 78.9 Å². The minimum absolute atomic E-state index is 0.0155. The average molecular weight is 528 g/mol. The molecule has 0 saturated heterocycles. The minimum atomic E-state index is -3.41. The zero-order chi connectivity index (χ0) is 33.4. The maximum Gasteiger partial charge on any atom is 0.191 e. The molecule has 0 bridgehead atoms. The molecule has 2 aromatic heterocycles. The molecule has 12 heteroatoms. The molecule has 2 fully saturated rings. The van der Waals surface area contributed by atoms with E-state index in [9.17, 15) is 19.7 Å². The second-order valence-corrected chi connectivity index (χ2v) is 9.57. The summed E-state index contributed by atoms with van der Waals surface area (Å²) in [6.07, 6.45) is -4.61. The van der Waals surface area contributed by atoms with Crippen LogP contribution in [0.3, 0.4) is 0 Å². The number of halogens is 1. The largest absolute Gasteiger partial charge is 0.394 e. The number of aliphatic hydroxyl groups excluding tert-OH is 2. The number of anilines is 1. The summed E-state index contributed by atoms with van der Waals surface area (Å²) in [7, 11) is 0. The van der Waals surface area contributed by atoms with Crippen LogP contribution in [-0.4, -0.2) is 83.5 Å². The zero-order valence-electron chi connectivity index (χ0n) is 28.4. The van der Waals surface area contributed by atoms with E-state index in [0.717, 1.165) is 11.1 Å². The molecule has 194 valence electrons. The van der Waals surface area contributed by atoms with Crippen LogP contribution in [0.5, 0.6) is 0 Å². The van der Waals surface area contributed by atoms with E-state index in [4.69, 9.17) is 17.1 Å². The molecule has 2 saturated carbocycles. The molecule has 2 heterocycles. The van der Waals surface area contributed by atoms with E-state index in [1.54, 1.807) is 0 Å². The van der Waals surface area contributed by atoms with Gasteiger partial charge in [0.25, 0.3) is 0 Å². The van der Waals surface area contributed by atoms with Gasteiger partial charge in [-0.2, -0.15) is 0 Å². The summed E-state index contributed by atoms with van der Waals surface area (Å²) in [4.78, 5) is 8.92. The van der Waals surface area contributed by atoms with Crippen LogP contribution in [0.2, 0.25) is 0 Å². The van der Waals surface area contributed by atoms with Crippen molar-refractivity contribution in [3.05, 3.63) is 35.1 Å². The third-order valence-electron chi connectivity index (χ3n) is 6.01. The first-order valence-electron chi connectivity index (χ1n) is 15.8. The molecule has 6 atom stereocenters. The van der Waals surface area contributed by atoms with Crippen LogP contribution < -0.4 is 5.32 Å². The first-order chi connectivity index (χ1) is 20.8. The predicted octanol–water partition coefficient (Wildman–Crippen LogP) is 2.18. The van der Waals surface area contributed by atoms with Gasteiger partial charge in [-0.15, -0.1) is 5.10 Å². The standard InChI is InChI=1S/C24H31FN6O4S/c1-3-8-36-24-27-22(26-16-10-14(16)13-5-4-12(2)15(25)9-13)19-23(28-24)31(30-29-19)17-11-18(35-7-6-32)21(34)20(17)33/h4-5,9,14,16-18,20-21,32-34H,3,6-8,10-11H2,1-2H3,(H,26,27,28)/t14-,16+,17+,18-,20-,21+/m0/s1/i4D,5D,6D2,7D2,9D,14D,16D. The molecule has 0 unspecified atom stereocenters. The minimum Gasteiger partial charge on any atom is -0.394 e. The summed E-state index contributed by atoms with van der Waals surface area (Å²) in [5.41, 5.74) is -0.598. The third kappa shape index (κ3) is 4.92. The highest BCUT2D eigenvalue weighted by molar-refractivity contribution is 7.99. The van der Waals surface area contributed by atoms with Crippen molar-refractivity contribution in [3.8, 4) is 0 Å². The van der Waals surface area contributed by atoms with Gasteiger partial charge in [0, 0.05) is 25.5 Å². The fourth-order valence-electron chi connectivity index (χ4n) is 4.04. The van der Waals surface area contributed by atoms with Crippen LogP contribution in [0.1, 0.15) is 61.6 Å². The van der Waals surface area contributed by atoms with E-state index in [1.807, 2.05) is 6.92 Å². The maximum absolute atomic E-state index is 14.7. The van der Waals surface area contributed by atoms with E-state index in [0.29, 0.717) is 5.75 Å². The lowest BCUT2D eigenvalue weighted by atomic mass is 10.1. The van der Waals surface area contributed by atoms with E-state index in [2.05, 4.69) is 25.6 Å². The highest BCUT2D eigenvalue weighted by Crippen LogP contribution is 2.44. The van der Waals surface area contributed by atoms with Crippen molar-refractivity contribution in [1.29, 1.82) is 0 Å². The Labute approximate surface area is 224 Å².